The van der Waals surface area contributed by atoms with Gasteiger partial charge < -0.3 is 10.2 Å². The van der Waals surface area contributed by atoms with Crippen LogP contribution in [0.25, 0.3) is 11.4 Å². The summed E-state index contributed by atoms with van der Waals surface area (Å²) in [4.78, 5) is 28.6. The van der Waals surface area contributed by atoms with Crippen LogP contribution in [0.2, 0.25) is 0 Å². The number of carbonyl (C=O) groups excluding carboxylic acids is 1. The van der Waals surface area contributed by atoms with Crippen molar-refractivity contribution in [3.8, 4) is 11.4 Å². The second kappa shape index (κ2) is 8.53. The summed E-state index contributed by atoms with van der Waals surface area (Å²) in [7, 11) is 3.90. The van der Waals surface area contributed by atoms with Gasteiger partial charge in [-0.05, 0) is 36.4 Å². The van der Waals surface area contributed by atoms with Crippen molar-refractivity contribution in [3.05, 3.63) is 58.6 Å². The Morgan fingerprint density at radius 1 is 1.18 bits per heavy atom. The smallest absolute Gasteiger partial charge is 0.269 e. The van der Waals surface area contributed by atoms with Crippen molar-refractivity contribution in [1.82, 2.24) is 15.2 Å². The van der Waals surface area contributed by atoms with Gasteiger partial charge in [0, 0.05) is 43.2 Å². The van der Waals surface area contributed by atoms with Gasteiger partial charge >= 0.3 is 0 Å². The van der Waals surface area contributed by atoms with Gasteiger partial charge in [0.1, 0.15) is 0 Å². The molecule has 9 nitrogen and oxygen atoms in total. The quantitative estimate of drug-likeness (QED) is 0.356. The van der Waals surface area contributed by atoms with Gasteiger partial charge in [-0.1, -0.05) is 11.8 Å². The number of carbonyl (C=O) groups is 1. The summed E-state index contributed by atoms with van der Waals surface area (Å²) >= 11 is 1.20. The molecular weight excluding hydrogens is 380 g/mol. The fourth-order valence-electron chi connectivity index (χ4n) is 2.35. The largest absolute Gasteiger partial charge is 0.378 e. The summed E-state index contributed by atoms with van der Waals surface area (Å²) in [5.41, 5.74) is 2.45. The first-order chi connectivity index (χ1) is 13.4. The summed E-state index contributed by atoms with van der Waals surface area (Å²) < 4.78 is 0. The van der Waals surface area contributed by atoms with Crippen LogP contribution >= 0.6 is 11.8 Å². The molecule has 0 fully saturated rings. The van der Waals surface area contributed by atoms with E-state index < -0.39 is 4.92 Å². The van der Waals surface area contributed by atoms with Gasteiger partial charge in [-0.25, -0.2) is 4.98 Å². The number of benzene rings is 2. The third kappa shape index (κ3) is 4.86. The molecule has 144 valence electrons. The van der Waals surface area contributed by atoms with E-state index in [1.807, 2.05) is 43.3 Å². The number of non-ortho nitro benzene ring substituents is 1. The normalized spacial score (nSPS) is 10.5. The van der Waals surface area contributed by atoms with Gasteiger partial charge in [-0.2, -0.15) is 0 Å². The van der Waals surface area contributed by atoms with Gasteiger partial charge in [0.2, 0.25) is 11.1 Å². The average molecular weight is 398 g/mol. The molecule has 0 saturated heterocycles. The Hall–Kier alpha value is -3.40. The molecule has 0 atom stereocenters. The van der Waals surface area contributed by atoms with Crippen LogP contribution in [0.5, 0.6) is 0 Å². The average Bonchev–Trinajstić information content (AvgIpc) is 3.16. The number of anilines is 2. The number of nitro groups is 1. The van der Waals surface area contributed by atoms with Crippen molar-refractivity contribution < 1.29 is 9.72 Å². The lowest BCUT2D eigenvalue weighted by molar-refractivity contribution is -0.384. The molecule has 0 aliphatic heterocycles. The van der Waals surface area contributed by atoms with E-state index in [4.69, 9.17) is 0 Å². The number of hydrogen-bond donors (Lipinski definition) is 2. The van der Waals surface area contributed by atoms with Crippen LogP contribution in [0.3, 0.4) is 0 Å². The van der Waals surface area contributed by atoms with Crippen LogP contribution in [-0.2, 0) is 4.79 Å². The minimum Gasteiger partial charge on any atom is -0.378 e. The number of hydrogen-bond acceptors (Lipinski definition) is 7. The van der Waals surface area contributed by atoms with E-state index in [0.29, 0.717) is 16.5 Å². The molecule has 2 N–H and O–H groups in total. The number of H-pyrrole nitrogens is 1. The molecular formula is C18H18N6O3S. The number of aromatic nitrogens is 3. The van der Waals surface area contributed by atoms with Crippen LogP contribution in [0.1, 0.15) is 0 Å². The maximum absolute atomic E-state index is 12.1. The minimum atomic E-state index is -0.460. The van der Waals surface area contributed by atoms with Gasteiger partial charge in [-0.15, -0.1) is 5.10 Å². The Labute approximate surface area is 165 Å². The van der Waals surface area contributed by atoms with E-state index in [-0.39, 0.29) is 17.3 Å². The van der Waals surface area contributed by atoms with Crippen LogP contribution in [0.4, 0.5) is 17.1 Å². The summed E-state index contributed by atoms with van der Waals surface area (Å²) in [6.45, 7) is 0. The first-order valence-electron chi connectivity index (χ1n) is 8.29. The number of nitrogens with zero attached hydrogens (tertiary/aromatic N) is 4. The highest BCUT2D eigenvalue weighted by molar-refractivity contribution is 7.99. The first kappa shape index (κ1) is 19.4. The highest BCUT2D eigenvalue weighted by Gasteiger charge is 2.11. The lowest BCUT2D eigenvalue weighted by Crippen LogP contribution is -2.14. The van der Waals surface area contributed by atoms with Crippen molar-refractivity contribution in [2.45, 2.75) is 5.16 Å². The Morgan fingerprint density at radius 3 is 2.46 bits per heavy atom. The topological polar surface area (TPSA) is 117 Å². The van der Waals surface area contributed by atoms with Crippen molar-refractivity contribution >= 4 is 34.7 Å². The van der Waals surface area contributed by atoms with Crippen molar-refractivity contribution in [3.63, 3.8) is 0 Å². The third-order valence-corrected chi connectivity index (χ3v) is 4.66. The molecule has 0 bridgehead atoms. The summed E-state index contributed by atoms with van der Waals surface area (Å²) in [6, 6.07) is 13.5. The molecule has 1 heterocycles. The predicted octanol–water partition coefficient (Wildman–Crippen LogP) is 3.18. The maximum Gasteiger partial charge on any atom is 0.269 e. The van der Waals surface area contributed by atoms with Gasteiger partial charge in [0.15, 0.2) is 5.82 Å². The third-order valence-electron chi connectivity index (χ3n) is 3.82. The zero-order valence-electron chi connectivity index (χ0n) is 15.2. The molecule has 3 aromatic rings. The highest BCUT2D eigenvalue weighted by atomic mass is 32.2. The Kier molecular flexibility index (Phi) is 5.90. The van der Waals surface area contributed by atoms with Crippen molar-refractivity contribution in [1.29, 1.82) is 0 Å². The molecule has 2 aromatic carbocycles. The zero-order valence-corrected chi connectivity index (χ0v) is 16.1. The van der Waals surface area contributed by atoms with Crippen LogP contribution < -0.4 is 10.2 Å². The van der Waals surface area contributed by atoms with Crippen molar-refractivity contribution in [2.75, 3.05) is 30.1 Å². The van der Waals surface area contributed by atoms with E-state index in [2.05, 4.69) is 20.5 Å². The SMILES string of the molecule is CN(C)c1ccc(NC(=O)CSc2n[nH]c(-c3ccc([N+](=O)[O-])cc3)n2)cc1. The lowest BCUT2D eigenvalue weighted by Gasteiger charge is -2.12. The lowest BCUT2D eigenvalue weighted by atomic mass is 10.2. The summed E-state index contributed by atoms with van der Waals surface area (Å²) in [5.74, 6) is 0.480. The van der Waals surface area contributed by atoms with E-state index in [1.54, 1.807) is 12.1 Å². The van der Waals surface area contributed by atoms with Crippen LogP contribution in [0.15, 0.2) is 53.7 Å². The molecule has 1 aromatic heterocycles. The number of thioether (sulfide) groups is 1. The first-order valence-corrected chi connectivity index (χ1v) is 9.28. The highest BCUT2D eigenvalue weighted by Crippen LogP contribution is 2.22. The number of aromatic amines is 1. The van der Waals surface area contributed by atoms with Crippen LogP contribution in [0, 0.1) is 10.1 Å². The van der Waals surface area contributed by atoms with E-state index in [1.165, 1.54) is 23.9 Å². The number of amides is 1. The molecule has 0 aliphatic carbocycles. The van der Waals surface area contributed by atoms with E-state index in [0.717, 1.165) is 11.4 Å². The fourth-order valence-corrected chi connectivity index (χ4v) is 2.95. The molecule has 28 heavy (non-hydrogen) atoms. The summed E-state index contributed by atoms with van der Waals surface area (Å²) in [6.07, 6.45) is 0. The molecule has 10 heteroatoms. The molecule has 0 saturated carbocycles. The fraction of sp³-hybridized carbons (Fsp3) is 0.167. The number of rotatable bonds is 7. The predicted molar refractivity (Wildman–Crippen MR) is 109 cm³/mol. The number of nitro benzene ring substituents is 1. The Morgan fingerprint density at radius 2 is 1.86 bits per heavy atom. The van der Waals surface area contributed by atoms with Crippen molar-refractivity contribution in [2.24, 2.45) is 0 Å². The second-order valence-electron chi connectivity index (χ2n) is 6.05. The molecule has 0 spiro atoms. The van der Waals surface area contributed by atoms with Gasteiger partial charge in [0.05, 0.1) is 10.7 Å². The molecule has 1 amide bonds. The second-order valence-corrected chi connectivity index (χ2v) is 6.99. The Balaban J connectivity index is 1.55. The standard InChI is InChI=1S/C18H18N6O3S/c1-23(2)14-9-5-13(6-10-14)19-16(25)11-28-18-20-17(21-22-18)12-3-7-15(8-4-12)24(26)27/h3-10H,11H2,1-2H3,(H,19,25)(H,20,21,22). The molecule has 3 rings (SSSR count). The van der Waals surface area contributed by atoms with E-state index in [9.17, 15) is 14.9 Å². The Bertz CT molecular complexity index is 970. The minimum absolute atomic E-state index is 0.00755. The monoisotopic (exact) mass is 398 g/mol. The molecule has 0 aliphatic rings. The van der Waals surface area contributed by atoms with Gasteiger partial charge in [-0.3, -0.25) is 20.0 Å². The van der Waals surface area contributed by atoms with Crippen LogP contribution in [-0.4, -0.2) is 45.9 Å². The molecule has 0 radical (unpaired) electrons. The zero-order chi connectivity index (χ0) is 20.1. The van der Waals surface area contributed by atoms with E-state index >= 15 is 0 Å². The maximum atomic E-state index is 12.1. The molecule has 0 unspecified atom stereocenters. The number of nitrogens with one attached hydrogen (secondary N) is 2. The van der Waals surface area contributed by atoms with Gasteiger partial charge in [0.25, 0.3) is 5.69 Å². The summed E-state index contributed by atoms with van der Waals surface area (Å²) in [5, 5.41) is 20.8.